The summed E-state index contributed by atoms with van der Waals surface area (Å²) in [5.41, 5.74) is 2.91. The molecule has 132 valence electrons. The van der Waals surface area contributed by atoms with Gasteiger partial charge >= 0.3 is 0 Å². The lowest BCUT2D eigenvalue weighted by molar-refractivity contribution is -0.115. The summed E-state index contributed by atoms with van der Waals surface area (Å²) in [7, 11) is 1.84. The molecule has 0 aromatic carbocycles. The molecule has 3 heterocycles. The van der Waals surface area contributed by atoms with E-state index in [9.17, 15) is 4.79 Å². The molecule has 3 rings (SSSR count). The van der Waals surface area contributed by atoms with E-state index in [1.54, 1.807) is 28.3 Å². The molecule has 1 N–H and O–H groups in total. The molecular weight excluding hydrogens is 383 g/mol. The van der Waals surface area contributed by atoms with Gasteiger partial charge in [0.15, 0.2) is 10.8 Å². The van der Waals surface area contributed by atoms with Gasteiger partial charge in [-0.3, -0.25) is 13.9 Å². The normalized spacial score (nSPS) is 12.6. The maximum Gasteiger partial charge on any atom is 0.237 e. The molecule has 0 radical (unpaired) electrons. The molecule has 3 aromatic rings. The van der Waals surface area contributed by atoms with Crippen LogP contribution < -0.4 is 5.32 Å². The highest BCUT2D eigenvalue weighted by Gasteiger charge is 2.21. The Hall–Kier alpha value is -1.77. The largest absolute Gasteiger partial charge is 0.322 e. The molecule has 1 amide bonds. The predicted molar refractivity (Wildman–Crippen MR) is 99.6 cm³/mol. The smallest absolute Gasteiger partial charge is 0.237 e. The summed E-state index contributed by atoms with van der Waals surface area (Å²) in [4.78, 5) is 12.5. The van der Waals surface area contributed by atoms with Crippen LogP contribution in [0.15, 0.2) is 17.4 Å². The number of halogens is 2. The van der Waals surface area contributed by atoms with E-state index in [4.69, 9.17) is 23.2 Å². The molecule has 0 fully saturated rings. The zero-order valence-electron chi connectivity index (χ0n) is 14.0. The molecule has 25 heavy (non-hydrogen) atoms. The van der Waals surface area contributed by atoms with Gasteiger partial charge in [-0.05, 0) is 26.8 Å². The second kappa shape index (κ2) is 6.86. The van der Waals surface area contributed by atoms with Crippen molar-refractivity contribution in [1.82, 2.24) is 24.4 Å². The van der Waals surface area contributed by atoms with E-state index < -0.39 is 5.25 Å². The summed E-state index contributed by atoms with van der Waals surface area (Å²) in [5, 5.41) is 16.4. The van der Waals surface area contributed by atoms with Crippen molar-refractivity contribution in [2.75, 3.05) is 5.32 Å². The van der Waals surface area contributed by atoms with Crippen molar-refractivity contribution in [3.8, 4) is 0 Å². The number of aryl methyl sites for hydroxylation is 2. The van der Waals surface area contributed by atoms with Gasteiger partial charge < -0.3 is 5.32 Å². The number of hydrogen-bond donors (Lipinski definition) is 1. The van der Waals surface area contributed by atoms with Crippen molar-refractivity contribution >= 4 is 52.2 Å². The summed E-state index contributed by atoms with van der Waals surface area (Å²) in [6, 6.07) is 1.60. The van der Waals surface area contributed by atoms with E-state index in [0.29, 0.717) is 20.8 Å². The van der Waals surface area contributed by atoms with Crippen LogP contribution in [0, 0.1) is 13.8 Å². The van der Waals surface area contributed by atoms with Gasteiger partial charge in [-0.25, -0.2) is 0 Å². The van der Waals surface area contributed by atoms with Gasteiger partial charge in [-0.15, -0.1) is 10.2 Å². The van der Waals surface area contributed by atoms with Crippen molar-refractivity contribution < 1.29 is 4.79 Å². The van der Waals surface area contributed by atoms with Crippen LogP contribution in [0.3, 0.4) is 0 Å². The number of carbonyl (C=O) groups is 1. The summed E-state index contributed by atoms with van der Waals surface area (Å²) in [6.45, 7) is 5.56. The Morgan fingerprint density at radius 2 is 2.04 bits per heavy atom. The van der Waals surface area contributed by atoms with E-state index in [-0.39, 0.29) is 5.91 Å². The van der Waals surface area contributed by atoms with Gasteiger partial charge in [0.25, 0.3) is 0 Å². The number of hydrogen-bond acceptors (Lipinski definition) is 5. The quantitative estimate of drug-likeness (QED) is 0.680. The lowest BCUT2D eigenvalue weighted by Crippen LogP contribution is -2.23. The van der Waals surface area contributed by atoms with Crippen LogP contribution in [0.2, 0.25) is 10.0 Å². The van der Waals surface area contributed by atoms with Crippen molar-refractivity contribution in [3.63, 3.8) is 0 Å². The standard InChI is InChI=1S/C15H16Cl2N6OS/c1-7-12(8(2)22(4)21-7)18-14(24)9(3)25-15-20-19-13-11(17)5-10(16)6-23(13)15/h5-6,9H,1-4H3,(H,18,24)/t9-/m0/s1. The number of amides is 1. The first kappa shape index (κ1) is 18.0. The average molecular weight is 399 g/mol. The number of fused-ring (bicyclic) bond motifs is 1. The topological polar surface area (TPSA) is 77.1 Å². The minimum absolute atomic E-state index is 0.144. The molecule has 1 atom stereocenters. The number of aromatic nitrogens is 5. The van der Waals surface area contributed by atoms with Crippen molar-refractivity contribution in [2.45, 2.75) is 31.2 Å². The first-order chi connectivity index (χ1) is 11.8. The van der Waals surface area contributed by atoms with Crippen molar-refractivity contribution in [1.29, 1.82) is 0 Å². The summed E-state index contributed by atoms with van der Waals surface area (Å²) >= 11 is 13.4. The molecule has 10 heteroatoms. The molecule has 0 unspecified atom stereocenters. The second-order valence-corrected chi connectivity index (χ2v) is 7.75. The first-order valence-electron chi connectivity index (χ1n) is 7.45. The molecule has 0 aliphatic carbocycles. The molecule has 3 aromatic heterocycles. The molecule has 7 nitrogen and oxygen atoms in total. The molecular formula is C15H16Cl2N6OS. The van der Waals surface area contributed by atoms with E-state index in [2.05, 4.69) is 20.6 Å². The van der Waals surface area contributed by atoms with Crippen molar-refractivity contribution in [2.24, 2.45) is 7.05 Å². The molecule has 0 bridgehead atoms. The first-order valence-corrected chi connectivity index (χ1v) is 9.09. The fourth-order valence-corrected chi connectivity index (χ4v) is 3.71. The van der Waals surface area contributed by atoms with Crippen LogP contribution >= 0.6 is 35.0 Å². The SMILES string of the molecule is Cc1nn(C)c(C)c1NC(=O)[C@H](C)Sc1nnc2c(Cl)cc(Cl)cn12. The molecule has 0 aliphatic heterocycles. The molecule has 0 spiro atoms. The van der Waals surface area contributed by atoms with Crippen molar-refractivity contribution in [3.05, 3.63) is 33.7 Å². The Morgan fingerprint density at radius 3 is 2.68 bits per heavy atom. The third-order valence-corrected chi connectivity index (χ3v) is 5.35. The Bertz CT molecular complexity index is 967. The van der Waals surface area contributed by atoms with Gasteiger partial charge in [0, 0.05) is 13.2 Å². The third-order valence-electron chi connectivity index (χ3n) is 3.80. The Balaban J connectivity index is 1.80. The molecule has 0 saturated heterocycles. The lowest BCUT2D eigenvalue weighted by atomic mass is 10.3. The Labute approximate surface area is 158 Å². The highest BCUT2D eigenvalue weighted by molar-refractivity contribution is 8.00. The van der Waals surface area contributed by atoms with Crippen LogP contribution in [0.5, 0.6) is 0 Å². The predicted octanol–water partition coefficient (Wildman–Crippen LogP) is 3.51. The van der Waals surface area contributed by atoms with Crippen LogP contribution in [0.25, 0.3) is 5.65 Å². The summed E-state index contributed by atoms with van der Waals surface area (Å²) in [6.07, 6.45) is 1.67. The van der Waals surface area contributed by atoms with Gasteiger partial charge in [-0.1, -0.05) is 35.0 Å². The maximum atomic E-state index is 12.5. The van der Waals surface area contributed by atoms with Crippen LogP contribution in [-0.4, -0.2) is 35.5 Å². The number of nitrogens with zero attached hydrogens (tertiary/aromatic N) is 5. The second-order valence-electron chi connectivity index (χ2n) is 5.60. The minimum Gasteiger partial charge on any atom is -0.322 e. The Morgan fingerprint density at radius 1 is 1.32 bits per heavy atom. The average Bonchev–Trinajstić information content (AvgIpc) is 3.03. The zero-order valence-corrected chi connectivity index (χ0v) is 16.4. The molecule has 0 saturated carbocycles. The van der Waals surface area contributed by atoms with E-state index in [0.717, 1.165) is 17.1 Å². The van der Waals surface area contributed by atoms with E-state index >= 15 is 0 Å². The highest BCUT2D eigenvalue weighted by Crippen LogP contribution is 2.28. The summed E-state index contributed by atoms with van der Waals surface area (Å²) < 4.78 is 3.42. The fraction of sp³-hybridized carbons (Fsp3) is 0.333. The molecule has 0 aliphatic rings. The van der Waals surface area contributed by atoms with Crippen LogP contribution in [0.4, 0.5) is 5.69 Å². The summed E-state index contributed by atoms with van der Waals surface area (Å²) in [5.74, 6) is -0.144. The lowest BCUT2D eigenvalue weighted by Gasteiger charge is -2.11. The minimum atomic E-state index is -0.399. The van der Waals surface area contributed by atoms with Gasteiger partial charge in [0.1, 0.15) is 0 Å². The van der Waals surface area contributed by atoms with Gasteiger partial charge in [-0.2, -0.15) is 5.10 Å². The number of thioether (sulfide) groups is 1. The number of carbonyl (C=O) groups excluding carboxylic acids is 1. The fourth-order valence-electron chi connectivity index (χ4n) is 2.37. The zero-order chi connectivity index (χ0) is 18.3. The number of pyridine rings is 1. The van der Waals surface area contributed by atoms with Gasteiger partial charge in [0.2, 0.25) is 5.91 Å². The van der Waals surface area contributed by atoms with Crippen LogP contribution in [-0.2, 0) is 11.8 Å². The monoisotopic (exact) mass is 398 g/mol. The van der Waals surface area contributed by atoms with E-state index in [1.807, 2.05) is 20.9 Å². The highest BCUT2D eigenvalue weighted by atomic mass is 35.5. The van der Waals surface area contributed by atoms with E-state index in [1.165, 1.54) is 11.8 Å². The van der Waals surface area contributed by atoms with Gasteiger partial charge in [0.05, 0.1) is 32.4 Å². The van der Waals surface area contributed by atoms with Crippen LogP contribution in [0.1, 0.15) is 18.3 Å². The number of nitrogens with one attached hydrogen (secondary N) is 1. The number of anilines is 1. The third kappa shape index (κ3) is 3.47. The number of rotatable bonds is 4. The maximum absolute atomic E-state index is 12.5. The Kier molecular flexibility index (Phi) is 4.95.